The lowest BCUT2D eigenvalue weighted by atomic mass is 10.1. The van der Waals surface area contributed by atoms with Crippen molar-refractivity contribution in [2.75, 3.05) is 16.8 Å². The molecule has 6 nitrogen and oxygen atoms in total. The summed E-state index contributed by atoms with van der Waals surface area (Å²) < 4.78 is 0. The van der Waals surface area contributed by atoms with Crippen molar-refractivity contribution >= 4 is 57.2 Å². The smallest absolute Gasteiger partial charge is 0.260 e. The minimum Gasteiger partial charge on any atom is -0.312 e. The van der Waals surface area contributed by atoms with Gasteiger partial charge in [0.15, 0.2) is 0 Å². The zero-order chi connectivity index (χ0) is 21.4. The highest BCUT2D eigenvalue weighted by Gasteiger charge is 2.34. The third-order valence-electron chi connectivity index (χ3n) is 4.84. The van der Waals surface area contributed by atoms with E-state index >= 15 is 0 Å². The number of nitrogens with one attached hydrogen (secondary N) is 1. The Morgan fingerprint density at radius 1 is 1.13 bits per heavy atom. The predicted molar refractivity (Wildman–Crippen MR) is 120 cm³/mol. The second kappa shape index (κ2) is 8.34. The van der Waals surface area contributed by atoms with E-state index in [0.29, 0.717) is 23.1 Å². The molecule has 0 spiro atoms. The summed E-state index contributed by atoms with van der Waals surface area (Å²) in [6.07, 6.45) is 0.353. The SMILES string of the molecule is Cc1cc(C)cc(N2CC(c3nnc(NC(=O)c4c(Cl)cccc4Cl)s3)CC2=O)c1. The highest BCUT2D eigenvalue weighted by Crippen LogP contribution is 2.35. The monoisotopic (exact) mass is 460 g/mol. The maximum atomic E-state index is 12.6. The van der Waals surface area contributed by atoms with Gasteiger partial charge in [-0.25, -0.2) is 0 Å². The summed E-state index contributed by atoms with van der Waals surface area (Å²) >= 11 is 13.4. The van der Waals surface area contributed by atoms with Gasteiger partial charge in [-0.2, -0.15) is 0 Å². The molecular weight excluding hydrogens is 443 g/mol. The first-order valence-electron chi connectivity index (χ1n) is 9.29. The summed E-state index contributed by atoms with van der Waals surface area (Å²) in [7, 11) is 0. The van der Waals surface area contributed by atoms with Crippen molar-refractivity contribution in [2.24, 2.45) is 0 Å². The Hall–Kier alpha value is -2.48. The van der Waals surface area contributed by atoms with Crippen LogP contribution < -0.4 is 10.2 Å². The molecule has 9 heteroatoms. The van der Waals surface area contributed by atoms with Crippen molar-refractivity contribution in [1.29, 1.82) is 0 Å². The van der Waals surface area contributed by atoms with Crippen molar-refractivity contribution in [1.82, 2.24) is 10.2 Å². The Morgan fingerprint density at radius 3 is 2.47 bits per heavy atom. The summed E-state index contributed by atoms with van der Waals surface area (Å²) in [5.74, 6) is -0.480. The van der Waals surface area contributed by atoms with Crippen LogP contribution in [0.1, 0.15) is 38.8 Å². The van der Waals surface area contributed by atoms with E-state index in [-0.39, 0.29) is 27.4 Å². The summed E-state index contributed by atoms with van der Waals surface area (Å²) in [4.78, 5) is 26.9. The van der Waals surface area contributed by atoms with Crippen LogP contribution in [-0.4, -0.2) is 28.6 Å². The van der Waals surface area contributed by atoms with E-state index in [4.69, 9.17) is 23.2 Å². The summed E-state index contributed by atoms with van der Waals surface area (Å²) in [5, 5.41) is 12.5. The van der Waals surface area contributed by atoms with Gasteiger partial charge in [-0.3, -0.25) is 14.9 Å². The number of aryl methyl sites for hydroxylation is 2. The number of anilines is 2. The number of carbonyl (C=O) groups excluding carboxylic acids is 2. The standard InChI is InChI=1S/C21H18Cl2N4O2S/c1-11-6-12(2)8-14(7-11)27-10-13(9-17(27)28)20-25-26-21(30-20)24-19(29)18-15(22)4-3-5-16(18)23/h3-8,13H,9-10H2,1-2H3,(H,24,26,29). The van der Waals surface area contributed by atoms with Crippen molar-refractivity contribution in [3.05, 3.63) is 68.1 Å². The van der Waals surface area contributed by atoms with Gasteiger partial charge in [0.1, 0.15) is 5.01 Å². The van der Waals surface area contributed by atoms with E-state index in [9.17, 15) is 9.59 Å². The van der Waals surface area contributed by atoms with Crippen LogP contribution in [0.2, 0.25) is 10.0 Å². The van der Waals surface area contributed by atoms with Gasteiger partial charge in [-0.05, 0) is 49.2 Å². The van der Waals surface area contributed by atoms with Crippen molar-refractivity contribution in [3.8, 4) is 0 Å². The molecular formula is C21H18Cl2N4O2S. The molecule has 3 aromatic rings. The van der Waals surface area contributed by atoms with E-state index in [1.807, 2.05) is 26.0 Å². The molecule has 1 aliphatic rings. The minimum absolute atomic E-state index is 0.0497. The van der Waals surface area contributed by atoms with Gasteiger partial charge in [0.2, 0.25) is 11.0 Å². The first-order chi connectivity index (χ1) is 14.3. The Labute approximate surface area is 187 Å². The summed E-state index contributed by atoms with van der Waals surface area (Å²) in [6.45, 7) is 4.56. The van der Waals surface area contributed by atoms with Gasteiger partial charge >= 0.3 is 0 Å². The number of amides is 2. The lowest BCUT2D eigenvalue weighted by Crippen LogP contribution is -2.24. The van der Waals surface area contributed by atoms with Gasteiger partial charge in [0.25, 0.3) is 5.91 Å². The third-order valence-corrected chi connectivity index (χ3v) is 6.47. The van der Waals surface area contributed by atoms with E-state index in [1.165, 1.54) is 11.3 Å². The Kier molecular flexibility index (Phi) is 5.77. The molecule has 2 heterocycles. The Bertz CT molecular complexity index is 1110. The number of aromatic nitrogens is 2. The molecule has 2 aromatic carbocycles. The van der Waals surface area contributed by atoms with Gasteiger partial charge in [0.05, 0.1) is 15.6 Å². The molecule has 30 heavy (non-hydrogen) atoms. The average Bonchev–Trinajstić information content (AvgIpc) is 3.27. The molecule has 1 N–H and O–H groups in total. The Balaban J connectivity index is 1.49. The molecule has 1 atom stereocenters. The molecule has 1 fully saturated rings. The van der Waals surface area contributed by atoms with Gasteiger partial charge in [-0.15, -0.1) is 10.2 Å². The lowest BCUT2D eigenvalue weighted by molar-refractivity contribution is -0.117. The summed E-state index contributed by atoms with van der Waals surface area (Å²) in [5.41, 5.74) is 3.31. The summed E-state index contributed by atoms with van der Waals surface area (Å²) in [6, 6.07) is 11.0. The number of nitrogens with zero attached hydrogens (tertiary/aromatic N) is 3. The number of hydrogen-bond donors (Lipinski definition) is 1. The van der Waals surface area contributed by atoms with Crippen LogP contribution in [0.15, 0.2) is 36.4 Å². The number of benzene rings is 2. The van der Waals surface area contributed by atoms with Crippen LogP contribution in [0.3, 0.4) is 0 Å². The lowest BCUT2D eigenvalue weighted by Gasteiger charge is -2.17. The Morgan fingerprint density at radius 2 is 1.80 bits per heavy atom. The van der Waals surface area contributed by atoms with E-state index in [0.717, 1.165) is 16.8 Å². The van der Waals surface area contributed by atoms with Gasteiger partial charge in [0, 0.05) is 24.6 Å². The van der Waals surface area contributed by atoms with E-state index in [2.05, 4.69) is 21.6 Å². The third kappa shape index (κ3) is 4.19. The predicted octanol–water partition coefficient (Wildman–Crippen LogP) is 5.23. The molecule has 0 radical (unpaired) electrons. The number of rotatable bonds is 4. The second-order valence-electron chi connectivity index (χ2n) is 7.25. The van der Waals surface area contributed by atoms with Crippen LogP contribution in [0.4, 0.5) is 10.8 Å². The molecule has 154 valence electrons. The van der Waals surface area contributed by atoms with Gasteiger partial charge < -0.3 is 4.90 Å². The largest absolute Gasteiger partial charge is 0.312 e. The molecule has 0 saturated carbocycles. The van der Waals surface area contributed by atoms with Crippen molar-refractivity contribution in [2.45, 2.75) is 26.2 Å². The topological polar surface area (TPSA) is 75.2 Å². The molecule has 0 aliphatic carbocycles. The maximum absolute atomic E-state index is 12.6. The molecule has 2 amide bonds. The van der Waals surface area contributed by atoms with E-state index < -0.39 is 5.91 Å². The van der Waals surface area contributed by atoms with Crippen LogP contribution in [0, 0.1) is 13.8 Å². The molecule has 0 bridgehead atoms. The van der Waals surface area contributed by atoms with Crippen molar-refractivity contribution < 1.29 is 9.59 Å². The van der Waals surface area contributed by atoms with E-state index in [1.54, 1.807) is 23.1 Å². The molecule has 1 aromatic heterocycles. The van der Waals surface area contributed by atoms with Crippen LogP contribution in [0.5, 0.6) is 0 Å². The fourth-order valence-electron chi connectivity index (χ4n) is 3.55. The zero-order valence-electron chi connectivity index (χ0n) is 16.3. The quantitative estimate of drug-likeness (QED) is 0.577. The molecule has 1 unspecified atom stereocenters. The first kappa shape index (κ1) is 20.8. The highest BCUT2D eigenvalue weighted by molar-refractivity contribution is 7.15. The van der Waals surface area contributed by atoms with Crippen LogP contribution in [-0.2, 0) is 4.79 Å². The molecule has 4 rings (SSSR count). The maximum Gasteiger partial charge on any atom is 0.260 e. The number of halogens is 2. The first-order valence-corrected chi connectivity index (χ1v) is 10.9. The second-order valence-corrected chi connectivity index (χ2v) is 9.07. The number of carbonyl (C=O) groups is 2. The minimum atomic E-state index is -0.451. The van der Waals surface area contributed by atoms with Crippen LogP contribution in [0.25, 0.3) is 0 Å². The molecule has 1 aliphatic heterocycles. The fraction of sp³-hybridized carbons (Fsp3) is 0.238. The number of hydrogen-bond acceptors (Lipinski definition) is 5. The van der Waals surface area contributed by atoms with Crippen molar-refractivity contribution in [3.63, 3.8) is 0 Å². The van der Waals surface area contributed by atoms with Crippen LogP contribution >= 0.6 is 34.5 Å². The normalized spacial score (nSPS) is 16.2. The molecule has 1 saturated heterocycles. The highest BCUT2D eigenvalue weighted by atomic mass is 35.5. The fourth-order valence-corrected chi connectivity index (χ4v) is 4.95. The average molecular weight is 461 g/mol. The van der Waals surface area contributed by atoms with Gasteiger partial charge in [-0.1, -0.05) is 46.7 Å². The zero-order valence-corrected chi connectivity index (χ0v) is 18.6.